The summed E-state index contributed by atoms with van der Waals surface area (Å²) in [4.78, 5) is 4.56. The summed E-state index contributed by atoms with van der Waals surface area (Å²) in [6.45, 7) is 0.506. The average Bonchev–Trinajstić information content (AvgIpc) is 2.46. The monoisotopic (exact) mass is 274 g/mol. The van der Waals surface area contributed by atoms with Crippen molar-refractivity contribution in [2.24, 2.45) is 5.16 Å². The van der Waals surface area contributed by atoms with Gasteiger partial charge in [-0.25, -0.2) is 0 Å². The van der Waals surface area contributed by atoms with Gasteiger partial charge in [0.05, 0.1) is 0 Å². The van der Waals surface area contributed by atoms with Crippen molar-refractivity contribution in [1.82, 2.24) is 0 Å². The van der Waals surface area contributed by atoms with E-state index in [0.29, 0.717) is 6.61 Å². The Bertz CT molecular complexity index is 535. The van der Waals surface area contributed by atoms with E-state index in [1.54, 1.807) is 0 Å². The van der Waals surface area contributed by atoms with Gasteiger partial charge >= 0.3 is 0 Å². The van der Waals surface area contributed by atoms with Crippen LogP contribution in [0.3, 0.4) is 0 Å². The minimum absolute atomic E-state index is 0.506. The molecule has 0 N–H and O–H groups in total. The van der Waals surface area contributed by atoms with E-state index in [-0.39, 0.29) is 0 Å². The first-order valence-electron chi connectivity index (χ1n) is 5.74. The highest BCUT2D eigenvalue weighted by molar-refractivity contribution is 6.30. The molecule has 0 atom stereocenters. The lowest BCUT2D eigenvalue weighted by atomic mass is 10.2. The van der Waals surface area contributed by atoms with E-state index >= 15 is 0 Å². The molecule has 0 saturated carbocycles. The van der Waals surface area contributed by atoms with Gasteiger partial charge in [0.1, 0.15) is 25.7 Å². The maximum atomic E-state index is 5.82. The lowest BCUT2D eigenvalue weighted by Crippen LogP contribution is -1.95. The highest BCUT2D eigenvalue weighted by Crippen LogP contribution is 2.15. The van der Waals surface area contributed by atoms with Gasteiger partial charge in [-0.2, -0.15) is 0 Å². The molecular formula is C15H13ClNO2. The maximum absolute atomic E-state index is 5.82. The molecule has 2 aromatic carbocycles. The topological polar surface area (TPSA) is 30.8 Å². The number of hydrogen-bond acceptors (Lipinski definition) is 3. The van der Waals surface area contributed by atoms with Crippen LogP contribution in [0.25, 0.3) is 0 Å². The van der Waals surface area contributed by atoms with Gasteiger partial charge in [-0.05, 0) is 42.0 Å². The molecule has 3 nitrogen and oxygen atoms in total. The first-order chi connectivity index (χ1) is 9.28. The number of hydrogen-bond donors (Lipinski definition) is 0. The number of benzene rings is 2. The summed E-state index contributed by atoms with van der Waals surface area (Å²) in [5.74, 6) is 0.790. The molecule has 0 bridgehead atoms. The van der Waals surface area contributed by atoms with Crippen LogP contribution < -0.4 is 4.74 Å². The van der Waals surface area contributed by atoms with E-state index in [4.69, 9.17) is 16.3 Å². The number of halogens is 1. The Morgan fingerprint density at radius 3 is 2.37 bits per heavy atom. The molecule has 97 valence electrons. The third kappa shape index (κ3) is 4.30. The van der Waals surface area contributed by atoms with Crippen molar-refractivity contribution in [3.05, 3.63) is 64.7 Å². The molecule has 0 aliphatic carbocycles. The highest BCUT2D eigenvalue weighted by atomic mass is 35.5. The maximum Gasteiger partial charge on any atom is 0.139 e. The van der Waals surface area contributed by atoms with Crippen LogP contribution in [0.1, 0.15) is 11.1 Å². The number of nitrogens with zero attached hydrogens (tertiary/aromatic N) is 1. The van der Waals surface area contributed by atoms with Gasteiger partial charge in [0.15, 0.2) is 0 Å². The zero-order valence-corrected chi connectivity index (χ0v) is 11.2. The summed E-state index contributed by atoms with van der Waals surface area (Å²) in [6, 6.07) is 15.0. The Balaban J connectivity index is 1.92. The summed E-state index contributed by atoms with van der Waals surface area (Å²) in [6.07, 6.45) is 2.73. The fraction of sp³-hybridized carbons (Fsp3) is 0.133. The number of rotatable bonds is 5. The molecule has 0 fully saturated rings. The van der Waals surface area contributed by atoms with E-state index in [2.05, 4.69) is 16.2 Å². The third-order valence-corrected chi connectivity index (χ3v) is 2.69. The van der Waals surface area contributed by atoms with Crippen LogP contribution in [0.15, 0.2) is 53.7 Å². The van der Waals surface area contributed by atoms with Gasteiger partial charge < -0.3 is 9.57 Å². The fourth-order valence-electron chi connectivity index (χ4n) is 1.47. The van der Waals surface area contributed by atoms with Crippen molar-refractivity contribution < 1.29 is 9.57 Å². The van der Waals surface area contributed by atoms with E-state index in [0.717, 1.165) is 21.9 Å². The molecule has 4 heteroatoms. The van der Waals surface area contributed by atoms with Gasteiger partial charge in [-0.3, -0.25) is 0 Å². The normalized spacial score (nSPS) is 10.6. The molecule has 0 saturated heterocycles. The molecule has 0 spiro atoms. The molecule has 19 heavy (non-hydrogen) atoms. The van der Waals surface area contributed by atoms with E-state index in [1.165, 1.54) is 7.11 Å². The molecule has 0 unspecified atom stereocenters. The van der Waals surface area contributed by atoms with Crippen molar-refractivity contribution in [2.75, 3.05) is 7.11 Å². The fourth-order valence-corrected chi connectivity index (χ4v) is 1.60. The Morgan fingerprint density at radius 2 is 1.74 bits per heavy atom. The Morgan fingerprint density at radius 1 is 1.05 bits per heavy atom. The average molecular weight is 275 g/mol. The standard InChI is InChI=1S/C15H13ClNO2/c1-18-17-10-12-4-8-15(9-5-12)19-11-13-2-6-14(16)7-3-13/h2-9H,11H2,1H3. The lowest BCUT2D eigenvalue weighted by Gasteiger charge is -2.06. The van der Waals surface area contributed by atoms with Crippen LogP contribution in [0.5, 0.6) is 5.75 Å². The molecule has 0 aromatic heterocycles. The highest BCUT2D eigenvalue weighted by Gasteiger charge is 1.97. The summed E-state index contributed by atoms with van der Waals surface area (Å²) in [5, 5.41) is 4.29. The molecular weight excluding hydrogens is 262 g/mol. The largest absolute Gasteiger partial charge is 0.489 e. The Labute approximate surface area is 117 Å². The Kier molecular flexibility index (Phi) is 4.81. The second-order valence-electron chi connectivity index (χ2n) is 3.83. The third-order valence-electron chi connectivity index (χ3n) is 2.44. The van der Waals surface area contributed by atoms with E-state index in [9.17, 15) is 0 Å². The van der Waals surface area contributed by atoms with Crippen molar-refractivity contribution in [1.29, 1.82) is 0 Å². The van der Waals surface area contributed by atoms with Crippen molar-refractivity contribution >= 4 is 17.8 Å². The van der Waals surface area contributed by atoms with Crippen molar-refractivity contribution in [2.45, 2.75) is 6.61 Å². The van der Waals surface area contributed by atoms with Crippen LogP contribution in [0.4, 0.5) is 0 Å². The predicted molar refractivity (Wildman–Crippen MR) is 75.8 cm³/mol. The van der Waals surface area contributed by atoms with Gasteiger partial charge in [0.25, 0.3) is 0 Å². The predicted octanol–water partition coefficient (Wildman–Crippen LogP) is 3.78. The molecule has 2 rings (SSSR count). The van der Waals surface area contributed by atoms with Crippen LogP contribution in [0.2, 0.25) is 5.02 Å². The van der Waals surface area contributed by atoms with Crippen LogP contribution in [-0.2, 0) is 11.4 Å². The minimum atomic E-state index is 0.506. The zero-order chi connectivity index (χ0) is 13.5. The Hall–Kier alpha value is -2.00. The number of ether oxygens (including phenoxy) is 1. The smallest absolute Gasteiger partial charge is 0.139 e. The summed E-state index contributed by atoms with van der Waals surface area (Å²) >= 11 is 5.82. The van der Waals surface area contributed by atoms with Gasteiger partial charge in [-0.15, -0.1) is 0 Å². The SMILES string of the molecule is CO/N=[C]\c1ccc(OCc2ccc(Cl)cc2)cc1. The van der Waals surface area contributed by atoms with Crippen molar-refractivity contribution in [3.8, 4) is 5.75 Å². The second kappa shape index (κ2) is 6.81. The van der Waals surface area contributed by atoms with Gasteiger partial charge in [-0.1, -0.05) is 28.9 Å². The molecule has 0 aliphatic heterocycles. The summed E-state index contributed by atoms with van der Waals surface area (Å²) in [7, 11) is 1.48. The molecule has 0 heterocycles. The van der Waals surface area contributed by atoms with E-state index in [1.807, 2.05) is 48.5 Å². The van der Waals surface area contributed by atoms with Crippen LogP contribution >= 0.6 is 11.6 Å². The molecule has 0 aliphatic rings. The molecule has 0 amide bonds. The van der Waals surface area contributed by atoms with Gasteiger partial charge in [0.2, 0.25) is 0 Å². The van der Waals surface area contributed by atoms with Crippen molar-refractivity contribution in [3.63, 3.8) is 0 Å². The quantitative estimate of drug-likeness (QED) is 0.614. The minimum Gasteiger partial charge on any atom is -0.489 e. The zero-order valence-electron chi connectivity index (χ0n) is 10.5. The lowest BCUT2D eigenvalue weighted by molar-refractivity contribution is 0.215. The molecule has 1 radical (unpaired) electrons. The summed E-state index contributed by atoms with van der Waals surface area (Å²) in [5.41, 5.74) is 1.90. The van der Waals surface area contributed by atoms with Gasteiger partial charge in [0, 0.05) is 10.6 Å². The van der Waals surface area contributed by atoms with Crippen LogP contribution in [-0.4, -0.2) is 13.3 Å². The van der Waals surface area contributed by atoms with E-state index < -0.39 is 0 Å². The van der Waals surface area contributed by atoms with Crippen LogP contribution in [0, 0.1) is 0 Å². The first-order valence-corrected chi connectivity index (χ1v) is 6.12. The molecule has 2 aromatic rings. The summed E-state index contributed by atoms with van der Waals surface area (Å²) < 4.78 is 5.66. The second-order valence-corrected chi connectivity index (χ2v) is 4.26. The first kappa shape index (κ1) is 13.4.